The first-order chi connectivity index (χ1) is 6.19. The van der Waals surface area contributed by atoms with Crippen molar-refractivity contribution in [2.45, 2.75) is 26.7 Å². The van der Waals surface area contributed by atoms with E-state index in [1.807, 2.05) is 6.92 Å². The summed E-state index contributed by atoms with van der Waals surface area (Å²) in [5, 5.41) is 0. The van der Waals surface area contributed by atoms with Crippen LogP contribution < -0.4 is 0 Å². The van der Waals surface area contributed by atoms with Crippen molar-refractivity contribution >= 4 is 5.78 Å². The van der Waals surface area contributed by atoms with Crippen LogP contribution in [0.25, 0.3) is 0 Å². The Labute approximate surface area is 77.6 Å². The molecule has 0 aliphatic rings. The van der Waals surface area contributed by atoms with E-state index in [4.69, 9.17) is 0 Å². The first kappa shape index (κ1) is 9.90. The highest BCUT2D eigenvalue weighted by atomic mass is 19.1. The van der Waals surface area contributed by atoms with E-state index < -0.39 is 0 Å². The number of ketones is 1. The van der Waals surface area contributed by atoms with Crippen LogP contribution in [0.15, 0.2) is 18.2 Å². The van der Waals surface area contributed by atoms with E-state index in [1.165, 1.54) is 6.07 Å². The molecule has 1 rings (SSSR count). The molecule has 0 N–H and O–H groups in total. The lowest BCUT2D eigenvalue weighted by Gasteiger charge is -2.01. The van der Waals surface area contributed by atoms with Gasteiger partial charge in [0.25, 0.3) is 0 Å². The molecule has 0 atom stereocenters. The molecule has 1 aromatic rings. The van der Waals surface area contributed by atoms with E-state index in [2.05, 4.69) is 0 Å². The molecular weight excluding hydrogens is 167 g/mol. The molecule has 13 heavy (non-hydrogen) atoms. The number of rotatable bonds is 3. The molecule has 2 heteroatoms. The van der Waals surface area contributed by atoms with Crippen LogP contribution in [0.5, 0.6) is 0 Å². The van der Waals surface area contributed by atoms with Gasteiger partial charge in [-0.05, 0) is 18.1 Å². The van der Waals surface area contributed by atoms with Crippen molar-refractivity contribution in [3.05, 3.63) is 35.1 Å². The quantitative estimate of drug-likeness (QED) is 0.653. The van der Waals surface area contributed by atoms with E-state index in [9.17, 15) is 9.18 Å². The van der Waals surface area contributed by atoms with Gasteiger partial charge in [0.2, 0.25) is 0 Å². The Morgan fingerprint density at radius 1 is 1.38 bits per heavy atom. The van der Waals surface area contributed by atoms with Gasteiger partial charge in [-0.1, -0.05) is 26.0 Å². The van der Waals surface area contributed by atoms with E-state index in [0.717, 1.165) is 0 Å². The van der Waals surface area contributed by atoms with Crippen molar-refractivity contribution in [1.29, 1.82) is 0 Å². The molecule has 70 valence electrons. The van der Waals surface area contributed by atoms with E-state index in [0.29, 0.717) is 24.0 Å². The van der Waals surface area contributed by atoms with E-state index >= 15 is 0 Å². The summed E-state index contributed by atoms with van der Waals surface area (Å²) in [6.45, 7) is 3.66. The fourth-order valence-corrected chi connectivity index (χ4v) is 1.21. The van der Waals surface area contributed by atoms with Gasteiger partial charge in [0.15, 0.2) is 5.78 Å². The molecule has 0 aliphatic heterocycles. The summed E-state index contributed by atoms with van der Waals surface area (Å²) in [7, 11) is 0. The summed E-state index contributed by atoms with van der Waals surface area (Å²) >= 11 is 0. The predicted octanol–water partition coefficient (Wildman–Crippen LogP) is 2.98. The Morgan fingerprint density at radius 3 is 2.54 bits per heavy atom. The molecule has 0 saturated carbocycles. The standard InChI is InChI=1S/C11H13FO/c1-3-8-5-6-9(7-10(8)12)11(13)4-2/h5-7H,3-4H2,1-2H3. The fourth-order valence-electron chi connectivity index (χ4n) is 1.21. The number of aryl methyl sites for hydroxylation is 1. The van der Waals surface area contributed by atoms with Crippen LogP contribution in [-0.2, 0) is 6.42 Å². The van der Waals surface area contributed by atoms with Crippen LogP contribution in [0.2, 0.25) is 0 Å². The molecule has 0 amide bonds. The minimum Gasteiger partial charge on any atom is -0.294 e. The van der Waals surface area contributed by atoms with Crippen LogP contribution in [0.1, 0.15) is 36.2 Å². The number of hydrogen-bond acceptors (Lipinski definition) is 1. The minimum absolute atomic E-state index is 0.0125. The Bertz CT molecular complexity index is 318. The summed E-state index contributed by atoms with van der Waals surface area (Å²) in [6.07, 6.45) is 1.08. The number of benzene rings is 1. The SMILES string of the molecule is CCC(=O)c1ccc(CC)c(F)c1. The topological polar surface area (TPSA) is 17.1 Å². The normalized spacial score (nSPS) is 10.1. The molecule has 0 radical (unpaired) electrons. The number of carbonyl (C=O) groups excluding carboxylic acids is 1. The second-order valence-electron chi connectivity index (χ2n) is 2.94. The van der Waals surface area contributed by atoms with Crippen molar-refractivity contribution in [1.82, 2.24) is 0 Å². The van der Waals surface area contributed by atoms with Crippen LogP contribution >= 0.6 is 0 Å². The molecule has 0 saturated heterocycles. The zero-order valence-electron chi connectivity index (χ0n) is 7.93. The lowest BCUT2D eigenvalue weighted by molar-refractivity contribution is 0.0987. The third-order valence-electron chi connectivity index (χ3n) is 2.08. The van der Waals surface area contributed by atoms with Crippen molar-refractivity contribution < 1.29 is 9.18 Å². The third kappa shape index (κ3) is 2.14. The molecule has 0 spiro atoms. The van der Waals surface area contributed by atoms with Gasteiger partial charge in [-0.25, -0.2) is 4.39 Å². The third-order valence-corrected chi connectivity index (χ3v) is 2.08. The summed E-state index contributed by atoms with van der Waals surface area (Å²) in [6, 6.07) is 4.69. The molecule has 0 aliphatic carbocycles. The minimum atomic E-state index is -0.276. The molecule has 0 heterocycles. The Hall–Kier alpha value is -1.18. The average molecular weight is 180 g/mol. The number of halogens is 1. The lowest BCUT2D eigenvalue weighted by atomic mass is 10.0. The molecule has 0 unspecified atom stereocenters. The van der Waals surface area contributed by atoms with E-state index in [1.54, 1.807) is 19.1 Å². The molecule has 0 aromatic heterocycles. The van der Waals surface area contributed by atoms with Gasteiger partial charge >= 0.3 is 0 Å². The first-order valence-electron chi connectivity index (χ1n) is 4.50. The number of Topliss-reactive ketones (excluding diaryl/α,β-unsaturated/α-hetero) is 1. The smallest absolute Gasteiger partial charge is 0.162 e. The number of carbonyl (C=O) groups is 1. The summed E-state index contributed by atoms with van der Waals surface area (Å²) in [5.41, 5.74) is 1.13. The Balaban J connectivity index is 3.02. The average Bonchev–Trinajstić information content (AvgIpc) is 2.16. The summed E-state index contributed by atoms with van der Waals surface area (Å²) in [5.74, 6) is -0.289. The zero-order valence-corrected chi connectivity index (χ0v) is 7.93. The van der Waals surface area contributed by atoms with Gasteiger partial charge in [-0.2, -0.15) is 0 Å². The lowest BCUT2D eigenvalue weighted by Crippen LogP contribution is -1.98. The van der Waals surface area contributed by atoms with Gasteiger partial charge in [-0.15, -0.1) is 0 Å². The Morgan fingerprint density at radius 2 is 2.08 bits per heavy atom. The fraction of sp³-hybridized carbons (Fsp3) is 0.364. The highest BCUT2D eigenvalue weighted by molar-refractivity contribution is 5.95. The molecule has 1 nitrogen and oxygen atoms in total. The van der Waals surface area contributed by atoms with Gasteiger partial charge in [0.1, 0.15) is 5.82 Å². The monoisotopic (exact) mass is 180 g/mol. The second-order valence-corrected chi connectivity index (χ2v) is 2.94. The molecule has 0 bridgehead atoms. The molecule has 0 fully saturated rings. The van der Waals surface area contributed by atoms with E-state index in [-0.39, 0.29) is 11.6 Å². The van der Waals surface area contributed by atoms with Crippen LogP contribution in [0, 0.1) is 5.82 Å². The maximum atomic E-state index is 13.2. The van der Waals surface area contributed by atoms with Gasteiger partial charge < -0.3 is 0 Å². The highest BCUT2D eigenvalue weighted by Crippen LogP contribution is 2.12. The van der Waals surface area contributed by atoms with Gasteiger partial charge in [-0.3, -0.25) is 4.79 Å². The maximum Gasteiger partial charge on any atom is 0.162 e. The van der Waals surface area contributed by atoms with Crippen molar-refractivity contribution in [3.8, 4) is 0 Å². The van der Waals surface area contributed by atoms with Gasteiger partial charge in [0, 0.05) is 12.0 Å². The van der Waals surface area contributed by atoms with Crippen molar-refractivity contribution in [2.24, 2.45) is 0 Å². The van der Waals surface area contributed by atoms with Crippen LogP contribution in [-0.4, -0.2) is 5.78 Å². The molecular formula is C11H13FO. The Kier molecular flexibility index (Phi) is 3.18. The number of hydrogen-bond donors (Lipinski definition) is 0. The largest absolute Gasteiger partial charge is 0.294 e. The molecule has 1 aromatic carbocycles. The summed E-state index contributed by atoms with van der Waals surface area (Å²) in [4.78, 5) is 11.2. The van der Waals surface area contributed by atoms with Crippen LogP contribution in [0.4, 0.5) is 4.39 Å². The maximum absolute atomic E-state index is 13.2. The highest BCUT2D eigenvalue weighted by Gasteiger charge is 2.06. The van der Waals surface area contributed by atoms with Crippen molar-refractivity contribution in [3.63, 3.8) is 0 Å². The summed E-state index contributed by atoms with van der Waals surface area (Å²) < 4.78 is 13.2. The van der Waals surface area contributed by atoms with Crippen LogP contribution in [0.3, 0.4) is 0 Å². The van der Waals surface area contributed by atoms with Crippen molar-refractivity contribution in [2.75, 3.05) is 0 Å². The van der Waals surface area contributed by atoms with Gasteiger partial charge in [0.05, 0.1) is 0 Å². The zero-order chi connectivity index (χ0) is 9.84. The second kappa shape index (κ2) is 4.17. The predicted molar refractivity (Wildman–Crippen MR) is 50.4 cm³/mol. The first-order valence-corrected chi connectivity index (χ1v) is 4.50.